The summed E-state index contributed by atoms with van der Waals surface area (Å²) in [4.78, 5) is 4.66. The SMILES string of the molecule is CC(C)CNCC1CCC(CN(C)CCCN(C)C)O1. The van der Waals surface area contributed by atoms with Crippen LogP contribution in [0, 0.1) is 5.92 Å². The zero-order valence-electron chi connectivity index (χ0n) is 14.2. The summed E-state index contributed by atoms with van der Waals surface area (Å²) in [6.45, 7) is 10.00. The van der Waals surface area contributed by atoms with E-state index in [0.717, 1.165) is 38.6 Å². The molecule has 1 aliphatic rings. The molecule has 1 N–H and O–H groups in total. The normalized spacial score (nSPS) is 23.4. The molecule has 0 bridgehead atoms. The van der Waals surface area contributed by atoms with Crippen molar-refractivity contribution in [2.75, 3.05) is 53.9 Å². The van der Waals surface area contributed by atoms with Gasteiger partial charge < -0.3 is 19.9 Å². The molecule has 4 nitrogen and oxygen atoms in total. The number of nitrogens with zero attached hydrogens (tertiary/aromatic N) is 2. The minimum atomic E-state index is 0.425. The predicted octanol–water partition coefficient (Wildman–Crippen LogP) is 1.66. The van der Waals surface area contributed by atoms with Gasteiger partial charge in [0.1, 0.15) is 0 Å². The third kappa shape index (κ3) is 8.20. The van der Waals surface area contributed by atoms with Crippen molar-refractivity contribution in [3.63, 3.8) is 0 Å². The zero-order valence-corrected chi connectivity index (χ0v) is 14.2. The lowest BCUT2D eigenvalue weighted by Crippen LogP contribution is -2.33. The monoisotopic (exact) mass is 285 g/mol. The first-order valence-electron chi connectivity index (χ1n) is 8.16. The van der Waals surface area contributed by atoms with E-state index in [2.05, 4.69) is 50.1 Å². The van der Waals surface area contributed by atoms with Gasteiger partial charge in [0.2, 0.25) is 0 Å². The summed E-state index contributed by atoms with van der Waals surface area (Å²) >= 11 is 0. The Morgan fingerprint density at radius 3 is 2.45 bits per heavy atom. The van der Waals surface area contributed by atoms with Gasteiger partial charge in [0.15, 0.2) is 0 Å². The van der Waals surface area contributed by atoms with Crippen LogP contribution in [0.1, 0.15) is 33.1 Å². The summed E-state index contributed by atoms with van der Waals surface area (Å²) in [6, 6.07) is 0. The highest BCUT2D eigenvalue weighted by atomic mass is 16.5. The number of ether oxygens (including phenoxy) is 1. The number of hydrogen-bond donors (Lipinski definition) is 1. The van der Waals surface area contributed by atoms with Gasteiger partial charge in [0.05, 0.1) is 12.2 Å². The highest BCUT2D eigenvalue weighted by molar-refractivity contribution is 4.77. The number of nitrogens with one attached hydrogen (secondary N) is 1. The van der Waals surface area contributed by atoms with Crippen molar-refractivity contribution in [1.82, 2.24) is 15.1 Å². The van der Waals surface area contributed by atoms with E-state index in [0.29, 0.717) is 12.2 Å². The molecule has 2 atom stereocenters. The van der Waals surface area contributed by atoms with Crippen molar-refractivity contribution in [2.45, 2.75) is 45.3 Å². The van der Waals surface area contributed by atoms with E-state index in [4.69, 9.17) is 4.74 Å². The molecular weight excluding hydrogens is 250 g/mol. The Bertz CT molecular complexity index is 246. The second-order valence-corrected chi connectivity index (χ2v) is 6.93. The van der Waals surface area contributed by atoms with Crippen LogP contribution in [0.3, 0.4) is 0 Å². The fourth-order valence-corrected chi connectivity index (χ4v) is 2.69. The third-order valence-electron chi connectivity index (χ3n) is 3.78. The zero-order chi connectivity index (χ0) is 15.0. The second-order valence-electron chi connectivity index (χ2n) is 6.93. The molecule has 0 aromatic heterocycles. The topological polar surface area (TPSA) is 27.7 Å². The lowest BCUT2D eigenvalue weighted by atomic mass is 10.1. The number of hydrogen-bond acceptors (Lipinski definition) is 4. The van der Waals surface area contributed by atoms with Crippen molar-refractivity contribution in [1.29, 1.82) is 0 Å². The molecule has 1 fully saturated rings. The molecule has 0 amide bonds. The van der Waals surface area contributed by atoms with Crippen LogP contribution in [0.2, 0.25) is 0 Å². The van der Waals surface area contributed by atoms with Crippen LogP contribution in [0.15, 0.2) is 0 Å². The summed E-state index contributed by atoms with van der Waals surface area (Å²) in [5.74, 6) is 0.718. The smallest absolute Gasteiger partial charge is 0.0707 e. The van der Waals surface area contributed by atoms with Crippen LogP contribution < -0.4 is 5.32 Å². The molecule has 0 aliphatic carbocycles. The summed E-state index contributed by atoms with van der Waals surface area (Å²) in [6.07, 6.45) is 4.52. The Kier molecular flexibility index (Phi) is 8.69. The van der Waals surface area contributed by atoms with Crippen LogP contribution in [-0.2, 0) is 4.74 Å². The van der Waals surface area contributed by atoms with Gasteiger partial charge in [-0.2, -0.15) is 0 Å². The van der Waals surface area contributed by atoms with E-state index in [-0.39, 0.29) is 0 Å². The summed E-state index contributed by atoms with van der Waals surface area (Å²) < 4.78 is 6.13. The Morgan fingerprint density at radius 1 is 1.10 bits per heavy atom. The molecule has 0 radical (unpaired) electrons. The molecule has 120 valence electrons. The number of rotatable bonds is 10. The molecular formula is C16H35N3O. The third-order valence-corrected chi connectivity index (χ3v) is 3.78. The average molecular weight is 285 g/mol. The molecule has 1 aliphatic heterocycles. The first kappa shape index (κ1) is 17.9. The quantitative estimate of drug-likeness (QED) is 0.661. The maximum Gasteiger partial charge on any atom is 0.0707 e. The molecule has 2 unspecified atom stereocenters. The van der Waals surface area contributed by atoms with Gasteiger partial charge in [-0.05, 0) is 66.0 Å². The summed E-state index contributed by atoms with van der Waals surface area (Å²) in [7, 11) is 6.48. The maximum absolute atomic E-state index is 6.13. The first-order chi connectivity index (χ1) is 9.47. The predicted molar refractivity (Wildman–Crippen MR) is 86.3 cm³/mol. The van der Waals surface area contributed by atoms with Gasteiger partial charge in [-0.3, -0.25) is 0 Å². The van der Waals surface area contributed by atoms with Gasteiger partial charge in [0, 0.05) is 13.1 Å². The Labute approximate surface area is 125 Å². The lowest BCUT2D eigenvalue weighted by molar-refractivity contribution is 0.0273. The van der Waals surface area contributed by atoms with E-state index < -0.39 is 0 Å². The molecule has 0 aromatic carbocycles. The molecule has 20 heavy (non-hydrogen) atoms. The average Bonchev–Trinajstić information content (AvgIpc) is 2.75. The van der Waals surface area contributed by atoms with Gasteiger partial charge in [-0.25, -0.2) is 0 Å². The molecule has 0 spiro atoms. The van der Waals surface area contributed by atoms with Crippen molar-refractivity contribution >= 4 is 0 Å². The maximum atomic E-state index is 6.13. The van der Waals surface area contributed by atoms with Crippen LogP contribution in [0.25, 0.3) is 0 Å². The van der Waals surface area contributed by atoms with Crippen LogP contribution in [-0.4, -0.2) is 75.9 Å². The van der Waals surface area contributed by atoms with Crippen LogP contribution in [0.4, 0.5) is 0 Å². The van der Waals surface area contributed by atoms with E-state index in [1.807, 2.05) is 0 Å². The number of likely N-dealkylation sites (N-methyl/N-ethyl adjacent to an activating group) is 1. The van der Waals surface area contributed by atoms with E-state index in [1.54, 1.807) is 0 Å². The molecule has 0 saturated carbocycles. The van der Waals surface area contributed by atoms with Crippen molar-refractivity contribution in [3.8, 4) is 0 Å². The van der Waals surface area contributed by atoms with Crippen molar-refractivity contribution < 1.29 is 4.74 Å². The van der Waals surface area contributed by atoms with Crippen LogP contribution in [0.5, 0.6) is 0 Å². The molecule has 4 heteroatoms. The largest absolute Gasteiger partial charge is 0.372 e. The standard InChI is InChI=1S/C16H35N3O/c1-14(2)11-17-12-15-7-8-16(20-15)13-19(5)10-6-9-18(3)4/h14-17H,6-13H2,1-5H3. The van der Waals surface area contributed by atoms with Gasteiger partial charge in [-0.1, -0.05) is 13.8 Å². The molecule has 1 heterocycles. The van der Waals surface area contributed by atoms with Crippen LogP contribution >= 0.6 is 0 Å². The fraction of sp³-hybridized carbons (Fsp3) is 1.00. The van der Waals surface area contributed by atoms with E-state index in [1.165, 1.54) is 19.3 Å². The Balaban J connectivity index is 2.07. The summed E-state index contributed by atoms with van der Waals surface area (Å²) in [5, 5.41) is 3.50. The molecule has 1 saturated heterocycles. The van der Waals surface area contributed by atoms with Gasteiger partial charge in [-0.15, -0.1) is 0 Å². The minimum Gasteiger partial charge on any atom is -0.372 e. The van der Waals surface area contributed by atoms with Gasteiger partial charge >= 0.3 is 0 Å². The van der Waals surface area contributed by atoms with E-state index >= 15 is 0 Å². The Hall–Kier alpha value is -0.160. The first-order valence-corrected chi connectivity index (χ1v) is 8.16. The fourth-order valence-electron chi connectivity index (χ4n) is 2.69. The Morgan fingerprint density at radius 2 is 1.80 bits per heavy atom. The highest BCUT2D eigenvalue weighted by Gasteiger charge is 2.25. The molecule has 1 rings (SSSR count). The molecule has 0 aromatic rings. The van der Waals surface area contributed by atoms with Crippen molar-refractivity contribution in [2.24, 2.45) is 5.92 Å². The summed E-state index contributed by atoms with van der Waals surface area (Å²) in [5.41, 5.74) is 0. The van der Waals surface area contributed by atoms with Crippen molar-refractivity contribution in [3.05, 3.63) is 0 Å². The highest BCUT2D eigenvalue weighted by Crippen LogP contribution is 2.19. The minimum absolute atomic E-state index is 0.425. The van der Waals surface area contributed by atoms with Gasteiger partial charge in [0.25, 0.3) is 0 Å². The van der Waals surface area contributed by atoms with E-state index in [9.17, 15) is 0 Å². The second kappa shape index (κ2) is 9.72. The lowest BCUT2D eigenvalue weighted by Gasteiger charge is -2.22.